The minimum atomic E-state index is -0.276. The summed E-state index contributed by atoms with van der Waals surface area (Å²) in [7, 11) is 4.02. The van der Waals surface area contributed by atoms with Crippen LogP contribution in [-0.2, 0) is 16.1 Å². The number of aromatic nitrogens is 2. The van der Waals surface area contributed by atoms with Gasteiger partial charge in [0.2, 0.25) is 11.8 Å². The van der Waals surface area contributed by atoms with Gasteiger partial charge in [-0.25, -0.2) is 0 Å². The molecule has 7 nitrogen and oxygen atoms in total. The summed E-state index contributed by atoms with van der Waals surface area (Å²) in [6, 6.07) is 0.203. The topological polar surface area (TPSA) is 70.5 Å². The van der Waals surface area contributed by atoms with Crippen LogP contribution in [0.3, 0.4) is 0 Å². The lowest BCUT2D eigenvalue weighted by Gasteiger charge is -2.24. The van der Waals surface area contributed by atoms with Crippen LogP contribution in [0.25, 0.3) is 0 Å². The number of rotatable bonds is 8. The Balaban J connectivity index is 1.88. The highest BCUT2D eigenvalue weighted by Crippen LogP contribution is 2.23. The molecule has 7 heteroatoms. The van der Waals surface area contributed by atoms with E-state index in [9.17, 15) is 9.59 Å². The minimum Gasteiger partial charge on any atom is -0.339 e. The highest BCUT2D eigenvalue weighted by atomic mass is 16.2. The molecule has 0 aliphatic carbocycles. The van der Waals surface area contributed by atoms with Gasteiger partial charge in [0.1, 0.15) is 0 Å². The van der Waals surface area contributed by atoms with E-state index in [2.05, 4.69) is 29.2 Å². The average Bonchev–Trinajstić information content (AvgIpc) is 3.12. The lowest BCUT2D eigenvalue weighted by Crippen LogP contribution is -2.35. The number of likely N-dealkylation sites (N-methyl/N-ethyl adjacent to an activating group) is 1. The molecule has 1 aliphatic rings. The Kier molecular flexibility index (Phi) is 6.36. The summed E-state index contributed by atoms with van der Waals surface area (Å²) in [5.74, 6) is -0.290. The van der Waals surface area contributed by atoms with E-state index in [-0.39, 0.29) is 23.8 Å². The number of nitrogens with zero attached hydrogens (tertiary/aromatic N) is 4. The number of likely N-dealkylation sites (tertiary alicyclic amines) is 1. The Morgan fingerprint density at radius 2 is 2.25 bits per heavy atom. The van der Waals surface area contributed by atoms with Gasteiger partial charge in [0.05, 0.1) is 24.3 Å². The number of carbonyl (C=O) groups is 2. The van der Waals surface area contributed by atoms with Crippen LogP contribution >= 0.6 is 0 Å². The SMILES string of the molecule is CCC[C@@H](C)N1C[C@H](C(=O)Nc2cnn(CCN(C)C)c2)CC1=O. The lowest BCUT2D eigenvalue weighted by atomic mass is 10.1. The maximum atomic E-state index is 12.4. The third-order valence-electron chi connectivity index (χ3n) is 4.44. The second-order valence-electron chi connectivity index (χ2n) is 6.87. The summed E-state index contributed by atoms with van der Waals surface area (Å²) in [6.45, 7) is 6.33. The van der Waals surface area contributed by atoms with Crippen LogP contribution in [0.5, 0.6) is 0 Å². The molecule has 1 aromatic rings. The molecule has 1 aromatic heterocycles. The predicted molar refractivity (Wildman–Crippen MR) is 93.6 cm³/mol. The first-order valence-corrected chi connectivity index (χ1v) is 8.68. The van der Waals surface area contributed by atoms with Crippen molar-refractivity contribution in [3.63, 3.8) is 0 Å². The Hall–Kier alpha value is -1.89. The van der Waals surface area contributed by atoms with E-state index in [0.29, 0.717) is 18.7 Å². The van der Waals surface area contributed by atoms with Crippen molar-refractivity contribution in [2.45, 2.75) is 45.7 Å². The van der Waals surface area contributed by atoms with Crippen LogP contribution in [0.4, 0.5) is 5.69 Å². The van der Waals surface area contributed by atoms with E-state index < -0.39 is 0 Å². The maximum absolute atomic E-state index is 12.4. The van der Waals surface area contributed by atoms with Gasteiger partial charge in [-0.05, 0) is 27.4 Å². The fourth-order valence-corrected chi connectivity index (χ4v) is 3.00. The van der Waals surface area contributed by atoms with Crippen molar-refractivity contribution >= 4 is 17.5 Å². The van der Waals surface area contributed by atoms with Gasteiger partial charge in [-0.1, -0.05) is 13.3 Å². The normalized spacial score (nSPS) is 19.1. The molecule has 1 fully saturated rings. The predicted octanol–water partition coefficient (Wildman–Crippen LogP) is 1.42. The Bertz CT molecular complexity index is 569. The number of hydrogen-bond acceptors (Lipinski definition) is 4. The number of hydrogen-bond donors (Lipinski definition) is 1. The smallest absolute Gasteiger partial charge is 0.229 e. The third-order valence-corrected chi connectivity index (χ3v) is 4.44. The van der Waals surface area contributed by atoms with Gasteiger partial charge < -0.3 is 15.1 Å². The zero-order chi connectivity index (χ0) is 17.7. The molecule has 1 N–H and O–H groups in total. The van der Waals surface area contributed by atoms with Crippen molar-refractivity contribution < 1.29 is 9.59 Å². The van der Waals surface area contributed by atoms with Crippen molar-refractivity contribution in [2.75, 3.05) is 32.5 Å². The van der Waals surface area contributed by atoms with Crippen LogP contribution in [0.2, 0.25) is 0 Å². The van der Waals surface area contributed by atoms with Crippen LogP contribution in [0.1, 0.15) is 33.1 Å². The molecule has 24 heavy (non-hydrogen) atoms. The minimum absolute atomic E-state index is 0.0813. The van der Waals surface area contributed by atoms with Crippen molar-refractivity contribution in [3.8, 4) is 0 Å². The monoisotopic (exact) mass is 335 g/mol. The molecule has 134 valence electrons. The molecule has 1 saturated heterocycles. The maximum Gasteiger partial charge on any atom is 0.229 e. The molecule has 2 amide bonds. The number of nitrogens with one attached hydrogen (secondary N) is 1. The molecule has 2 heterocycles. The second kappa shape index (κ2) is 8.28. The summed E-state index contributed by atoms with van der Waals surface area (Å²) in [5.41, 5.74) is 0.686. The molecular weight excluding hydrogens is 306 g/mol. The molecule has 0 bridgehead atoms. The summed E-state index contributed by atoms with van der Waals surface area (Å²) in [6.07, 6.45) is 5.79. The van der Waals surface area contributed by atoms with Gasteiger partial charge in [-0.15, -0.1) is 0 Å². The zero-order valence-corrected chi connectivity index (χ0v) is 15.2. The fraction of sp³-hybridized carbons (Fsp3) is 0.706. The number of carbonyl (C=O) groups excluding carboxylic acids is 2. The Morgan fingerprint density at radius 1 is 1.50 bits per heavy atom. The molecule has 0 radical (unpaired) electrons. The first-order valence-electron chi connectivity index (χ1n) is 8.68. The van der Waals surface area contributed by atoms with Crippen LogP contribution in [0.15, 0.2) is 12.4 Å². The van der Waals surface area contributed by atoms with E-state index in [1.807, 2.05) is 29.9 Å². The van der Waals surface area contributed by atoms with Gasteiger partial charge >= 0.3 is 0 Å². The van der Waals surface area contributed by atoms with Gasteiger partial charge in [-0.3, -0.25) is 14.3 Å². The molecule has 0 saturated carbocycles. The molecule has 0 aromatic carbocycles. The van der Waals surface area contributed by atoms with Gasteiger partial charge in [0, 0.05) is 31.7 Å². The van der Waals surface area contributed by atoms with Gasteiger partial charge in [0.25, 0.3) is 0 Å². The summed E-state index contributed by atoms with van der Waals surface area (Å²) < 4.78 is 1.81. The highest BCUT2D eigenvalue weighted by molar-refractivity contribution is 5.97. The van der Waals surface area contributed by atoms with Crippen LogP contribution < -0.4 is 5.32 Å². The quantitative estimate of drug-likeness (QED) is 0.780. The number of amides is 2. The fourth-order valence-electron chi connectivity index (χ4n) is 3.00. The first-order chi connectivity index (χ1) is 11.4. The van der Waals surface area contributed by atoms with E-state index in [1.165, 1.54) is 0 Å². The van der Waals surface area contributed by atoms with Crippen molar-refractivity contribution in [1.82, 2.24) is 19.6 Å². The van der Waals surface area contributed by atoms with Crippen LogP contribution in [0, 0.1) is 5.92 Å². The zero-order valence-electron chi connectivity index (χ0n) is 15.2. The molecular formula is C17H29N5O2. The number of anilines is 1. The van der Waals surface area contributed by atoms with E-state index in [4.69, 9.17) is 0 Å². The second-order valence-corrected chi connectivity index (χ2v) is 6.87. The molecule has 2 atom stereocenters. The molecule has 2 rings (SSSR count). The molecule has 1 aliphatic heterocycles. The highest BCUT2D eigenvalue weighted by Gasteiger charge is 2.36. The van der Waals surface area contributed by atoms with Crippen molar-refractivity contribution in [3.05, 3.63) is 12.4 Å². The summed E-state index contributed by atoms with van der Waals surface area (Å²) in [5, 5.41) is 7.14. The lowest BCUT2D eigenvalue weighted by molar-refractivity contribution is -0.129. The van der Waals surface area contributed by atoms with E-state index in [0.717, 1.165) is 25.9 Å². The van der Waals surface area contributed by atoms with Crippen molar-refractivity contribution in [1.29, 1.82) is 0 Å². The molecule has 0 spiro atoms. The van der Waals surface area contributed by atoms with E-state index in [1.54, 1.807) is 6.20 Å². The summed E-state index contributed by atoms with van der Waals surface area (Å²) >= 11 is 0. The van der Waals surface area contributed by atoms with Gasteiger partial charge in [0.15, 0.2) is 0 Å². The first kappa shape index (κ1) is 18.4. The standard InChI is InChI=1S/C17H29N5O2/c1-5-6-13(2)22-11-14(9-16(22)23)17(24)19-15-10-18-21(12-15)8-7-20(3)4/h10,12-14H,5-9,11H2,1-4H3,(H,19,24)/t13-,14-/m1/s1. The molecule has 0 unspecified atom stereocenters. The third kappa shape index (κ3) is 4.80. The Morgan fingerprint density at radius 3 is 2.92 bits per heavy atom. The summed E-state index contributed by atoms with van der Waals surface area (Å²) in [4.78, 5) is 28.5. The largest absolute Gasteiger partial charge is 0.339 e. The van der Waals surface area contributed by atoms with Crippen molar-refractivity contribution in [2.24, 2.45) is 5.92 Å². The van der Waals surface area contributed by atoms with E-state index >= 15 is 0 Å². The van der Waals surface area contributed by atoms with Crippen LogP contribution in [-0.4, -0.2) is 64.6 Å². The Labute approximate surface area is 144 Å². The van der Waals surface area contributed by atoms with Gasteiger partial charge in [-0.2, -0.15) is 5.10 Å². The average molecular weight is 335 g/mol.